The van der Waals surface area contributed by atoms with Crippen molar-refractivity contribution in [2.45, 2.75) is 26.7 Å². The maximum atomic E-state index is 12.2. The Balaban J connectivity index is 2.71. The molecular formula is C14H21NO4. The first-order valence-electron chi connectivity index (χ1n) is 6.50. The molecular weight excluding hydrogens is 246 g/mol. The zero-order valence-corrected chi connectivity index (χ0v) is 11.7. The highest BCUT2D eigenvalue weighted by Crippen LogP contribution is 2.10. The number of hydrogen-bond acceptors (Lipinski definition) is 4. The molecule has 1 rings (SSSR count). The number of nitrogens with zero attached hydrogens (tertiary/aromatic N) is 1. The largest absolute Gasteiger partial charge is 0.469 e. The molecule has 0 saturated carbocycles. The minimum Gasteiger partial charge on any atom is -0.469 e. The summed E-state index contributed by atoms with van der Waals surface area (Å²) in [4.78, 5) is 25.3. The standard InChI is InChI=1S/C14H21NO4/c1-4-5-8-15(10-11(2)14(17)18-3)13(16)12-7-6-9-19-12/h6-7,9,11H,4-5,8,10H2,1-3H3. The number of esters is 1. The number of rotatable bonds is 7. The third kappa shape index (κ3) is 4.43. The number of amides is 1. The van der Waals surface area contributed by atoms with Crippen LogP contribution < -0.4 is 0 Å². The SMILES string of the molecule is CCCCN(CC(C)C(=O)OC)C(=O)c1ccco1. The van der Waals surface area contributed by atoms with E-state index in [2.05, 4.69) is 11.7 Å². The normalized spacial score (nSPS) is 11.9. The second kappa shape index (κ2) is 7.61. The maximum absolute atomic E-state index is 12.2. The fraction of sp³-hybridized carbons (Fsp3) is 0.571. The van der Waals surface area contributed by atoms with Crippen molar-refractivity contribution in [1.29, 1.82) is 0 Å². The number of hydrogen-bond donors (Lipinski definition) is 0. The second-order valence-corrected chi connectivity index (χ2v) is 4.51. The van der Waals surface area contributed by atoms with E-state index in [0.29, 0.717) is 18.8 Å². The molecule has 0 bridgehead atoms. The molecule has 0 radical (unpaired) electrons. The number of unbranched alkanes of at least 4 members (excludes halogenated alkanes) is 1. The Morgan fingerprint density at radius 2 is 2.21 bits per heavy atom. The van der Waals surface area contributed by atoms with E-state index < -0.39 is 0 Å². The lowest BCUT2D eigenvalue weighted by atomic mass is 10.1. The third-order valence-corrected chi connectivity index (χ3v) is 2.90. The molecule has 106 valence electrons. The Bertz CT molecular complexity index is 400. The zero-order chi connectivity index (χ0) is 14.3. The summed E-state index contributed by atoms with van der Waals surface area (Å²) in [7, 11) is 1.35. The van der Waals surface area contributed by atoms with E-state index in [1.165, 1.54) is 13.4 Å². The van der Waals surface area contributed by atoms with Crippen molar-refractivity contribution >= 4 is 11.9 Å². The van der Waals surface area contributed by atoms with Crippen LogP contribution in [0, 0.1) is 5.92 Å². The van der Waals surface area contributed by atoms with Crippen molar-refractivity contribution in [1.82, 2.24) is 4.90 Å². The minimum atomic E-state index is -0.347. The summed E-state index contributed by atoms with van der Waals surface area (Å²) in [6.45, 7) is 4.75. The van der Waals surface area contributed by atoms with Gasteiger partial charge in [-0.1, -0.05) is 20.3 Å². The molecule has 1 heterocycles. The summed E-state index contributed by atoms with van der Waals surface area (Å²) in [6.07, 6.45) is 3.34. The van der Waals surface area contributed by atoms with Crippen LogP contribution in [0.3, 0.4) is 0 Å². The predicted molar refractivity (Wildman–Crippen MR) is 70.7 cm³/mol. The molecule has 0 aliphatic heterocycles. The van der Waals surface area contributed by atoms with E-state index in [0.717, 1.165) is 12.8 Å². The first kappa shape index (κ1) is 15.3. The first-order valence-corrected chi connectivity index (χ1v) is 6.50. The van der Waals surface area contributed by atoms with Crippen LogP contribution in [0.15, 0.2) is 22.8 Å². The van der Waals surface area contributed by atoms with Gasteiger partial charge < -0.3 is 14.1 Å². The Kier molecular flexibility index (Phi) is 6.12. The van der Waals surface area contributed by atoms with Crippen LogP contribution in [0.5, 0.6) is 0 Å². The fourth-order valence-electron chi connectivity index (χ4n) is 1.79. The van der Waals surface area contributed by atoms with Gasteiger partial charge in [0, 0.05) is 13.1 Å². The van der Waals surface area contributed by atoms with Crippen LogP contribution in [-0.2, 0) is 9.53 Å². The monoisotopic (exact) mass is 267 g/mol. The number of ether oxygens (including phenoxy) is 1. The quantitative estimate of drug-likeness (QED) is 0.711. The van der Waals surface area contributed by atoms with Gasteiger partial charge in [-0.25, -0.2) is 0 Å². The highest BCUT2D eigenvalue weighted by molar-refractivity contribution is 5.91. The molecule has 1 aromatic rings. The highest BCUT2D eigenvalue weighted by atomic mass is 16.5. The smallest absolute Gasteiger partial charge is 0.310 e. The van der Waals surface area contributed by atoms with Gasteiger partial charge in [-0.15, -0.1) is 0 Å². The fourth-order valence-corrected chi connectivity index (χ4v) is 1.79. The second-order valence-electron chi connectivity index (χ2n) is 4.51. The van der Waals surface area contributed by atoms with Crippen molar-refractivity contribution in [3.05, 3.63) is 24.2 Å². The summed E-state index contributed by atoms with van der Waals surface area (Å²) in [5.74, 6) is -0.545. The summed E-state index contributed by atoms with van der Waals surface area (Å²) in [5.41, 5.74) is 0. The van der Waals surface area contributed by atoms with Crippen LogP contribution >= 0.6 is 0 Å². The molecule has 0 N–H and O–H groups in total. The van der Waals surface area contributed by atoms with Crippen LogP contribution in [0.4, 0.5) is 0 Å². The molecule has 1 atom stereocenters. The Morgan fingerprint density at radius 1 is 1.47 bits per heavy atom. The molecule has 19 heavy (non-hydrogen) atoms. The van der Waals surface area contributed by atoms with Crippen LogP contribution in [0.2, 0.25) is 0 Å². The number of methoxy groups -OCH3 is 1. The molecule has 5 heteroatoms. The van der Waals surface area contributed by atoms with Gasteiger partial charge in [0.15, 0.2) is 5.76 Å². The predicted octanol–water partition coefficient (Wildman–Crippen LogP) is 2.33. The van der Waals surface area contributed by atoms with E-state index in [-0.39, 0.29) is 17.8 Å². The third-order valence-electron chi connectivity index (χ3n) is 2.90. The van der Waals surface area contributed by atoms with Crippen molar-refractivity contribution in [3.8, 4) is 0 Å². The lowest BCUT2D eigenvalue weighted by Gasteiger charge is -2.24. The molecule has 1 unspecified atom stereocenters. The van der Waals surface area contributed by atoms with Crippen LogP contribution in [0.1, 0.15) is 37.2 Å². The average Bonchev–Trinajstić information content (AvgIpc) is 2.95. The average molecular weight is 267 g/mol. The van der Waals surface area contributed by atoms with Crippen molar-refractivity contribution in [3.63, 3.8) is 0 Å². The van der Waals surface area contributed by atoms with E-state index in [9.17, 15) is 9.59 Å². The molecule has 0 spiro atoms. The van der Waals surface area contributed by atoms with Crippen LogP contribution in [0.25, 0.3) is 0 Å². The molecule has 5 nitrogen and oxygen atoms in total. The van der Waals surface area contributed by atoms with Crippen molar-refractivity contribution < 1.29 is 18.7 Å². The van der Waals surface area contributed by atoms with Gasteiger partial charge in [-0.2, -0.15) is 0 Å². The summed E-state index contributed by atoms with van der Waals surface area (Å²) in [6, 6.07) is 3.30. The summed E-state index contributed by atoms with van der Waals surface area (Å²) in [5, 5.41) is 0. The van der Waals surface area contributed by atoms with Crippen LogP contribution in [-0.4, -0.2) is 37.0 Å². The van der Waals surface area contributed by atoms with Gasteiger partial charge in [-0.3, -0.25) is 9.59 Å². The summed E-state index contributed by atoms with van der Waals surface area (Å²) >= 11 is 0. The van der Waals surface area contributed by atoms with Gasteiger partial charge in [0.2, 0.25) is 0 Å². The minimum absolute atomic E-state index is 0.186. The molecule has 1 amide bonds. The molecule has 0 saturated heterocycles. The van der Waals surface area contributed by atoms with E-state index in [4.69, 9.17) is 4.42 Å². The van der Waals surface area contributed by atoms with Gasteiger partial charge in [0.05, 0.1) is 19.3 Å². The molecule has 0 fully saturated rings. The summed E-state index contributed by atoms with van der Waals surface area (Å²) < 4.78 is 9.80. The van der Waals surface area contributed by atoms with E-state index >= 15 is 0 Å². The van der Waals surface area contributed by atoms with Gasteiger partial charge in [-0.05, 0) is 18.6 Å². The first-order chi connectivity index (χ1) is 9.10. The van der Waals surface area contributed by atoms with Gasteiger partial charge in [0.25, 0.3) is 5.91 Å². The molecule has 0 aliphatic carbocycles. The number of furan rings is 1. The topological polar surface area (TPSA) is 59.8 Å². The van der Waals surface area contributed by atoms with E-state index in [1.807, 2.05) is 0 Å². The Labute approximate surface area is 113 Å². The number of carbonyl (C=O) groups excluding carboxylic acids is 2. The van der Waals surface area contributed by atoms with Gasteiger partial charge >= 0.3 is 5.97 Å². The molecule has 0 aliphatic rings. The van der Waals surface area contributed by atoms with Crippen molar-refractivity contribution in [2.24, 2.45) is 5.92 Å². The molecule has 0 aromatic carbocycles. The Morgan fingerprint density at radius 3 is 2.74 bits per heavy atom. The van der Waals surface area contributed by atoms with Crippen molar-refractivity contribution in [2.75, 3.05) is 20.2 Å². The highest BCUT2D eigenvalue weighted by Gasteiger charge is 2.23. The van der Waals surface area contributed by atoms with E-state index in [1.54, 1.807) is 24.0 Å². The maximum Gasteiger partial charge on any atom is 0.310 e. The lowest BCUT2D eigenvalue weighted by Crippen LogP contribution is -2.37. The zero-order valence-electron chi connectivity index (χ0n) is 11.7. The number of carbonyl (C=O) groups is 2. The lowest BCUT2D eigenvalue weighted by molar-refractivity contribution is -0.145. The van der Waals surface area contributed by atoms with Gasteiger partial charge in [0.1, 0.15) is 0 Å². The molecule has 1 aromatic heterocycles. The Hall–Kier alpha value is -1.78.